The Balaban J connectivity index is 1.97. The van der Waals surface area contributed by atoms with Crippen LogP contribution in [-0.2, 0) is 19.3 Å². The van der Waals surface area contributed by atoms with Crippen LogP contribution < -0.4 is 0 Å². The van der Waals surface area contributed by atoms with Crippen molar-refractivity contribution in [2.75, 3.05) is 0 Å². The van der Waals surface area contributed by atoms with Gasteiger partial charge >= 0.3 is 12.3 Å². The summed E-state index contributed by atoms with van der Waals surface area (Å²) in [4.78, 5) is 12.6. The zero-order chi connectivity index (χ0) is 17.6. The average molecular weight is 451 g/mol. The van der Waals surface area contributed by atoms with E-state index in [9.17, 15) is 23.1 Å². The predicted molar refractivity (Wildman–Crippen MR) is 88.4 cm³/mol. The second-order valence-corrected chi connectivity index (χ2v) is 6.70. The van der Waals surface area contributed by atoms with Crippen LogP contribution in [-0.4, -0.2) is 31.9 Å². The number of carboxylic acid groups (broad SMARTS) is 1. The van der Waals surface area contributed by atoms with Gasteiger partial charge in [0.05, 0.1) is 34.0 Å². The van der Waals surface area contributed by atoms with Gasteiger partial charge < -0.3 is 5.11 Å². The quantitative estimate of drug-likeness (QED) is 0.666. The number of aromatic nitrogens is 2. The molecule has 3 rings (SSSR count). The predicted octanol–water partition coefficient (Wildman–Crippen LogP) is 4.06. The van der Waals surface area contributed by atoms with Gasteiger partial charge in [0.1, 0.15) is 5.69 Å². The lowest BCUT2D eigenvalue weighted by Crippen LogP contribution is -2.44. The van der Waals surface area contributed by atoms with E-state index in [4.69, 9.17) is 0 Å². The van der Waals surface area contributed by atoms with Crippen molar-refractivity contribution in [3.05, 3.63) is 39.1 Å². The number of carbonyl (C=O) groups is 1. The van der Waals surface area contributed by atoms with Crippen molar-refractivity contribution in [3.63, 3.8) is 0 Å². The normalized spacial score (nSPS) is 17.7. The second-order valence-electron chi connectivity index (χ2n) is 5.63. The lowest BCUT2D eigenvalue weighted by atomic mass is 10.1. The maximum absolute atomic E-state index is 12.7. The molecule has 24 heavy (non-hydrogen) atoms. The molecular formula is C15H13F3IN3O2. The van der Waals surface area contributed by atoms with Gasteiger partial charge in [-0.25, -0.2) is 4.79 Å². The molecule has 128 valence electrons. The van der Waals surface area contributed by atoms with Gasteiger partial charge in [0.2, 0.25) is 0 Å². The summed E-state index contributed by atoms with van der Waals surface area (Å²) in [6.07, 6.45) is -5.38. The van der Waals surface area contributed by atoms with Crippen molar-refractivity contribution in [1.82, 2.24) is 14.7 Å². The molecule has 0 fully saturated rings. The first kappa shape index (κ1) is 17.1. The van der Waals surface area contributed by atoms with Gasteiger partial charge in [-0.2, -0.15) is 18.3 Å². The third-order valence-corrected chi connectivity index (χ3v) is 5.15. The third-order valence-electron chi connectivity index (χ3n) is 4.01. The van der Waals surface area contributed by atoms with Crippen LogP contribution in [0.2, 0.25) is 0 Å². The van der Waals surface area contributed by atoms with Crippen LogP contribution in [0.4, 0.5) is 18.0 Å². The fourth-order valence-corrected chi connectivity index (χ4v) is 3.57. The van der Waals surface area contributed by atoms with Gasteiger partial charge in [-0.15, -0.1) is 0 Å². The molecule has 5 nitrogen and oxygen atoms in total. The maximum Gasteiger partial charge on any atom is 0.416 e. The van der Waals surface area contributed by atoms with E-state index < -0.39 is 17.8 Å². The number of benzene rings is 1. The molecule has 1 N–H and O–H groups in total. The molecule has 1 aliphatic rings. The fraction of sp³-hybridized carbons (Fsp3) is 0.333. The highest BCUT2D eigenvalue weighted by atomic mass is 127. The molecule has 0 bridgehead atoms. The number of amides is 1. The zero-order valence-electron chi connectivity index (χ0n) is 12.5. The van der Waals surface area contributed by atoms with E-state index in [1.165, 1.54) is 17.0 Å². The first-order chi connectivity index (χ1) is 11.2. The van der Waals surface area contributed by atoms with E-state index in [0.717, 1.165) is 21.4 Å². The van der Waals surface area contributed by atoms with Crippen molar-refractivity contribution in [2.24, 2.45) is 0 Å². The topological polar surface area (TPSA) is 58.4 Å². The van der Waals surface area contributed by atoms with Gasteiger partial charge in [0.15, 0.2) is 0 Å². The molecule has 0 saturated heterocycles. The fourth-order valence-electron chi connectivity index (χ4n) is 2.70. The van der Waals surface area contributed by atoms with Crippen molar-refractivity contribution in [2.45, 2.75) is 32.2 Å². The maximum atomic E-state index is 12.7. The first-order valence-electron chi connectivity index (χ1n) is 7.11. The number of fused-ring (bicyclic) bond motifs is 1. The molecule has 1 aromatic heterocycles. The molecule has 0 aliphatic carbocycles. The Morgan fingerprint density at radius 3 is 2.50 bits per heavy atom. The van der Waals surface area contributed by atoms with Crippen LogP contribution in [0, 0.1) is 3.57 Å². The highest BCUT2D eigenvalue weighted by molar-refractivity contribution is 14.1. The Labute approximate surface area is 149 Å². The molecule has 2 heterocycles. The highest BCUT2D eigenvalue weighted by Gasteiger charge is 2.32. The molecule has 1 atom stereocenters. The number of hydrogen-bond donors (Lipinski definition) is 1. The summed E-state index contributed by atoms with van der Waals surface area (Å²) in [7, 11) is 0. The molecule has 0 radical (unpaired) electrons. The average Bonchev–Trinajstić information content (AvgIpc) is 2.81. The summed E-state index contributed by atoms with van der Waals surface area (Å²) in [6.45, 7) is 2.42. The van der Waals surface area contributed by atoms with Gasteiger partial charge in [-0.05, 0) is 41.6 Å². The summed E-state index contributed by atoms with van der Waals surface area (Å²) in [5, 5.41) is 13.7. The van der Waals surface area contributed by atoms with Crippen LogP contribution in [0.3, 0.4) is 0 Å². The van der Waals surface area contributed by atoms with Crippen molar-refractivity contribution in [1.29, 1.82) is 0 Å². The summed E-state index contributed by atoms with van der Waals surface area (Å²) < 4.78 is 40.5. The molecule has 0 saturated carbocycles. The Morgan fingerprint density at radius 1 is 1.33 bits per heavy atom. The largest absolute Gasteiger partial charge is 0.465 e. The van der Waals surface area contributed by atoms with Crippen LogP contribution in [0.5, 0.6) is 0 Å². The van der Waals surface area contributed by atoms with Gasteiger partial charge in [-0.3, -0.25) is 9.58 Å². The first-order valence-corrected chi connectivity index (χ1v) is 8.18. The van der Waals surface area contributed by atoms with Gasteiger partial charge in [0.25, 0.3) is 0 Å². The van der Waals surface area contributed by atoms with Crippen LogP contribution in [0.1, 0.15) is 18.2 Å². The molecule has 0 spiro atoms. The monoisotopic (exact) mass is 451 g/mol. The van der Waals surface area contributed by atoms with Gasteiger partial charge in [0, 0.05) is 5.56 Å². The number of rotatable bonds is 1. The van der Waals surface area contributed by atoms with Crippen LogP contribution in [0.25, 0.3) is 11.3 Å². The van der Waals surface area contributed by atoms with E-state index in [-0.39, 0.29) is 12.6 Å². The Morgan fingerprint density at radius 2 is 1.96 bits per heavy atom. The minimum absolute atomic E-state index is 0.211. The minimum atomic E-state index is -4.38. The second kappa shape index (κ2) is 5.94. The molecular weight excluding hydrogens is 438 g/mol. The lowest BCUT2D eigenvalue weighted by molar-refractivity contribution is -0.137. The molecule has 1 aromatic carbocycles. The summed E-state index contributed by atoms with van der Waals surface area (Å²) in [5.74, 6) is 0. The van der Waals surface area contributed by atoms with E-state index in [1.807, 2.05) is 0 Å². The van der Waals surface area contributed by atoms with E-state index in [1.54, 1.807) is 11.6 Å². The van der Waals surface area contributed by atoms with Crippen LogP contribution >= 0.6 is 22.6 Å². The summed E-state index contributed by atoms with van der Waals surface area (Å²) >= 11 is 2.06. The number of hydrogen-bond acceptors (Lipinski definition) is 2. The standard InChI is InChI=1S/C15H13F3IN3O2/c1-8-6-22-11(7-21(8)14(23)24)12(19)13(20-22)9-2-4-10(5-3-9)15(16,17)18/h2-5,8H,6-7H2,1H3,(H,23,24)/t8-/m0/s1. The Hall–Kier alpha value is -1.78. The van der Waals surface area contributed by atoms with Crippen molar-refractivity contribution >= 4 is 28.7 Å². The molecule has 0 unspecified atom stereocenters. The van der Waals surface area contributed by atoms with Crippen molar-refractivity contribution in [3.8, 4) is 11.3 Å². The molecule has 1 amide bonds. The minimum Gasteiger partial charge on any atom is -0.465 e. The smallest absolute Gasteiger partial charge is 0.416 e. The van der Waals surface area contributed by atoms with Crippen molar-refractivity contribution < 1.29 is 23.1 Å². The van der Waals surface area contributed by atoms with E-state index >= 15 is 0 Å². The van der Waals surface area contributed by atoms with Gasteiger partial charge in [-0.1, -0.05) is 12.1 Å². The summed E-state index contributed by atoms with van der Waals surface area (Å²) in [6, 6.07) is 4.60. The highest BCUT2D eigenvalue weighted by Crippen LogP contribution is 2.34. The Bertz CT molecular complexity index is 786. The SMILES string of the molecule is C[C@H]1Cn2nc(-c3ccc(C(F)(F)F)cc3)c(I)c2CN1C(=O)O. The third kappa shape index (κ3) is 2.96. The summed E-state index contributed by atoms with van der Waals surface area (Å²) in [5.41, 5.74) is 1.18. The zero-order valence-corrected chi connectivity index (χ0v) is 14.7. The lowest BCUT2D eigenvalue weighted by Gasteiger charge is -2.31. The molecule has 1 aliphatic heterocycles. The van der Waals surface area contributed by atoms with Crippen LogP contribution in [0.15, 0.2) is 24.3 Å². The molecule has 9 heteroatoms. The van der Waals surface area contributed by atoms with E-state index in [0.29, 0.717) is 17.8 Å². The Kier molecular flexibility index (Phi) is 4.22. The molecule has 2 aromatic rings. The number of nitrogens with zero attached hydrogens (tertiary/aromatic N) is 3. The number of alkyl halides is 3. The van der Waals surface area contributed by atoms with E-state index in [2.05, 4.69) is 27.7 Å². The number of halogens is 4.